The Morgan fingerprint density at radius 1 is 0.724 bits per heavy atom. The molecule has 5 rings (SSSR count). The molecule has 3 aromatic rings. The van der Waals surface area contributed by atoms with Crippen LogP contribution in [-0.4, -0.2) is 47.8 Å². The summed E-state index contributed by atoms with van der Waals surface area (Å²) in [6.07, 6.45) is 1.84. The van der Waals surface area contributed by atoms with Crippen LogP contribution in [0, 0.1) is 0 Å². The molecule has 0 bridgehead atoms. The quantitative estimate of drug-likeness (QED) is 0.666. The highest BCUT2D eigenvalue weighted by Gasteiger charge is 2.19. The second-order valence-corrected chi connectivity index (χ2v) is 7.65. The van der Waals surface area contributed by atoms with Crippen molar-refractivity contribution in [3.8, 4) is 22.8 Å². The summed E-state index contributed by atoms with van der Waals surface area (Å²) in [4.78, 5) is 9.47. The van der Waals surface area contributed by atoms with Crippen molar-refractivity contribution >= 4 is 0 Å². The molecule has 2 aromatic carbocycles. The van der Waals surface area contributed by atoms with Gasteiger partial charge < -0.3 is 9.47 Å². The Hall–Kier alpha value is -2.89. The number of nitrogens with zero attached hydrogens (tertiary/aromatic N) is 3. The number of ether oxygens (including phenoxy) is 2. The van der Waals surface area contributed by atoms with E-state index in [9.17, 15) is 0 Å². The van der Waals surface area contributed by atoms with Gasteiger partial charge in [0.1, 0.15) is 0 Å². The number of hydrogen-bond acceptors (Lipinski definition) is 5. The first-order chi connectivity index (χ1) is 14.3. The molecule has 148 valence electrons. The van der Waals surface area contributed by atoms with Crippen LogP contribution in [0.5, 0.6) is 11.5 Å². The highest BCUT2D eigenvalue weighted by Crippen LogP contribution is 2.32. The van der Waals surface area contributed by atoms with Crippen LogP contribution in [0.2, 0.25) is 0 Å². The first-order valence-electron chi connectivity index (χ1n) is 10.2. The summed E-state index contributed by atoms with van der Waals surface area (Å²) in [5, 5.41) is 0. The molecule has 1 saturated heterocycles. The second kappa shape index (κ2) is 8.23. The minimum absolute atomic E-state index is 0.334. The maximum Gasteiger partial charge on any atom is 0.231 e. The van der Waals surface area contributed by atoms with Gasteiger partial charge in [-0.15, -0.1) is 0 Å². The maximum atomic E-state index is 5.50. The fourth-order valence-corrected chi connectivity index (χ4v) is 3.98. The van der Waals surface area contributed by atoms with E-state index in [1.54, 1.807) is 0 Å². The van der Waals surface area contributed by atoms with Crippen molar-refractivity contribution in [3.63, 3.8) is 0 Å². The molecule has 5 heteroatoms. The third-order valence-corrected chi connectivity index (χ3v) is 5.63. The average molecular weight is 387 g/mol. The summed E-state index contributed by atoms with van der Waals surface area (Å²) in [5.41, 5.74) is 4.83. The molecule has 1 aromatic heterocycles. The Morgan fingerprint density at radius 3 is 2.14 bits per heavy atom. The smallest absolute Gasteiger partial charge is 0.231 e. The molecule has 0 radical (unpaired) electrons. The van der Waals surface area contributed by atoms with Gasteiger partial charge >= 0.3 is 0 Å². The van der Waals surface area contributed by atoms with Crippen LogP contribution in [0.1, 0.15) is 11.1 Å². The van der Waals surface area contributed by atoms with Gasteiger partial charge in [-0.25, -0.2) is 0 Å². The van der Waals surface area contributed by atoms with Gasteiger partial charge in [-0.1, -0.05) is 36.4 Å². The highest BCUT2D eigenvalue weighted by atomic mass is 16.7. The molecule has 0 saturated carbocycles. The SMILES string of the molecule is c1ccc(-c2ccc(CN3CCN(Cc4ccc5c(c4)OCO5)CC3)cc2)nc1. The van der Waals surface area contributed by atoms with Gasteiger partial charge in [0, 0.05) is 51.0 Å². The summed E-state index contributed by atoms with van der Waals surface area (Å²) < 4.78 is 10.9. The van der Waals surface area contributed by atoms with Crippen molar-refractivity contribution in [3.05, 3.63) is 78.0 Å². The van der Waals surface area contributed by atoms with Crippen LogP contribution in [0.4, 0.5) is 0 Å². The van der Waals surface area contributed by atoms with Gasteiger partial charge in [0.25, 0.3) is 0 Å². The molecular formula is C24H25N3O2. The molecule has 5 nitrogen and oxygen atoms in total. The zero-order valence-corrected chi connectivity index (χ0v) is 16.5. The van der Waals surface area contributed by atoms with Crippen LogP contribution in [0.3, 0.4) is 0 Å². The van der Waals surface area contributed by atoms with E-state index in [0.29, 0.717) is 6.79 Å². The predicted molar refractivity (Wildman–Crippen MR) is 113 cm³/mol. The van der Waals surface area contributed by atoms with E-state index in [1.165, 1.54) is 16.7 Å². The lowest BCUT2D eigenvalue weighted by molar-refractivity contribution is 0.122. The summed E-state index contributed by atoms with van der Waals surface area (Å²) in [6, 6.07) is 21.1. The average Bonchev–Trinajstić information content (AvgIpc) is 3.24. The summed E-state index contributed by atoms with van der Waals surface area (Å²) >= 11 is 0. The first-order valence-corrected chi connectivity index (χ1v) is 10.2. The summed E-state index contributed by atoms with van der Waals surface area (Å²) in [5.74, 6) is 1.72. The number of pyridine rings is 1. The Bertz CT molecular complexity index is 952. The molecule has 2 aliphatic rings. The molecular weight excluding hydrogens is 362 g/mol. The number of fused-ring (bicyclic) bond motifs is 1. The molecule has 0 spiro atoms. The Kier molecular flexibility index (Phi) is 5.15. The Morgan fingerprint density at radius 2 is 1.41 bits per heavy atom. The molecule has 3 heterocycles. The summed E-state index contributed by atoms with van der Waals surface area (Å²) in [7, 11) is 0. The van der Waals surface area contributed by atoms with E-state index in [4.69, 9.17) is 9.47 Å². The maximum absolute atomic E-state index is 5.50. The van der Waals surface area contributed by atoms with Crippen LogP contribution in [-0.2, 0) is 13.1 Å². The van der Waals surface area contributed by atoms with E-state index in [0.717, 1.165) is 56.5 Å². The third-order valence-electron chi connectivity index (χ3n) is 5.63. The number of piperazine rings is 1. The van der Waals surface area contributed by atoms with Crippen molar-refractivity contribution in [1.82, 2.24) is 14.8 Å². The van der Waals surface area contributed by atoms with Crippen LogP contribution in [0.15, 0.2) is 66.9 Å². The van der Waals surface area contributed by atoms with E-state index >= 15 is 0 Å². The van der Waals surface area contributed by atoms with Gasteiger partial charge in [0.2, 0.25) is 6.79 Å². The van der Waals surface area contributed by atoms with Crippen molar-refractivity contribution in [1.29, 1.82) is 0 Å². The van der Waals surface area contributed by atoms with Crippen molar-refractivity contribution < 1.29 is 9.47 Å². The molecule has 29 heavy (non-hydrogen) atoms. The van der Waals surface area contributed by atoms with Gasteiger partial charge in [0.15, 0.2) is 11.5 Å². The largest absolute Gasteiger partial charge is 0.454 e. The van der Waals surface area contributed by atoms with E-state index in [2.05, 4.69) is 51.2 Å². The lowest BCUT2D eigenvalue weighted by Crippen LogP contribution is -2.45. The highest BCUT2D eigenvalue weighted by molar-refractivity contribution is 5.59. The lowest BCUT2D eigenvalue weighted by Gasteiger charge is -2.34. The monoisotopic (exact) mass is 387 g/mol. The molecule has 1 fully saturated rings. The predicted octanol–water partition coefficient (Wildman–Crippen LogP) is 3.80. The van der Waals surface area contributed by atoms with Gasteiger partial charge in [0.05, 0.1) is 5.69 Å². The van der Waals surface area contributed by atoms with Crippen LogP contribution < -0.4 is 9.47 Å². The van der Waals surface area contributed by atoms with Gasteiger partial charge in [-0.05, 0) is 35.4 Å². The van der Waals surface area contributed by atoms with Crippen LogP contribution >= 0.6 is 0 Å². The first kappa shape index (κ1) is 18.2. The molecule has 0 atom stereocenters. The second-order valence-electron chi connectivity index (χ2n) is 7.65. The number of hydrogen-bond donors (Lipinski definition) is 0. The van der Waals surface area contributed by atoms with Gasteiger partial charge in [-0.2, -0.15) is 0 Å². The zero-order valence-electron chi connectivity index (χ0n) is 16.5. The number of rotatable bonds is 5. The number of benzene rings is 2. The van der Waals surface area contributed by atoms with E-state index in [-0.39, 0.29) is 0 Å². The normalized spacial score (nSPS) is 16.8. The molecule has 0 unspecified atom stereocenters. The molecule has 0 N–H and O–H groups in total. The fourth-order valence-electron chi connectivity index (χ4n) is 3.98. The topological polar surface area (TPSA) is 37.8 Å². The van der Waals surface area contributed by atoms with Crippen molar-refractivity contribution in [2.24, 2.45) is 0 Å². The van der Waals surface area contributed by atoms with Crippen molar-refractivity contribution in [2.45, 2.75) is 13.1 Å². The Labute approximate surface area is 171 Å². The lowest BCUT2D eigenvalue weighted by atomic mass is 10.1. The number of aromatic nitrogens is 1. The Balaban J connectivity index is 1.13. The van der Waals surface area contributed by atoms with E-state index in [1.807, 2.05) is 30.5 Å². The third kappa shape index (κ3) is 4.26. The molecule has 0 aliphatic carbocycles. The van der Waals surface area contributed by atoms with Crippen LogP contribution in [0.25, 0.3) is 11.3 Å². The standard InChI is InChI=1S/C24H25N3O2/c1-2-10-25-22(3-1)21-7-4-19(5-8-21)16-26-11-13-27(14-12-26)17-20-6-9-23-24(15-20)29-18-28-23/h1-10,15H,11-14,16-18H2. The summed E-state index contributed by atoms with van der Waals surface area (Å²) in [6.45, 7) is 6.64. The fraction of sp³-hybridized carbons (Fsp3) is 0.292. The van der Waals surface area contributed by atoms with Crippen molar-refractivity contribution in [2.75, 3.05) is 33.0 Å². The van der Waals surface area contributed by atoms with E-state index < -0.39 is 0 Å². The minimum Gasteiger partial charge on any atom is -0.454 e. The molecule has 2 aliphatic heterocycles. The van der Waals surface area contributed by atoms with Gasteiger partial charge in [-0.3, -0.25) is 14.8 Å². The zero-order chi connectivity index (χ0) is 19.5. The minimum atomic E-state index is 0.334. The molecule has 0 amide bonds.